The fourth-order valence-electron chi connectivity index (χ4n) is 2.69. The van der Waals surface area contributed by atoms with Crippen molar-refractivity contribution in [3.05, 3.63) is 60.3 Å². The smallest absolute Gasteiger partial charge is 0.235 e. The topological polar surface area (TPSA) is 69.0 Å². The van der Waals surface area contributed by atoms with Crippen molar-refractivity contribution in [1.82, 2.24) is 14.8 Å². The molecular formula is C20H18N4O2S2. The van der Waals surface area contributed by atoms with Crippen LogP contribution in [0, 0.1) is 6.92 Å². The van der Waals surface area contributed by atoms with Crippen molar-refractivity contribution in [2.75, 3.05) is 18.2 Å². The molecule has 1 amide bonds. The molecule has 0 aliphatic heterocycles. The van der Waals surface area contributed by atoms with Crippen LogP contribution in [0.2, 0.25) is 0 Å². The summed E-state index contributed by atoms with van der Waals surface area (Å²) in [5.41, 5.74) is 1.67. The number of fused-ring (bicyclic) bond motifs is 1. The van der Waals surface area contributed by atoms with Gasteiger partial charge in [0.15, 0.2) is 0 Å². The highest BCUT2D eigenvalue weighted by atomic mass is 32.2. The van der Waals surface area contributed by atoms with Crippen molar-refractivity contribution in [2.24, 2.45) is 0 Å². The summed E-state index contributed by atoms with van der Waals surface area (Å²) in [6.45, 7) is 1.89. The highest BCUT2D eigenvalue weighted by Crippen LogP contribution is 2.30. The van der Waals surface area contributed by atoms with E-state index in [1.54, 1.807) is 11.8 Å². The molecule has 0 radical (unpaired) electrons. The number of carbonyl (C=O) groups is 1. The molecule has 0 aliphatic carbocycles. The van der Waals surface area contributed by atoms with Crippen molar-refractivity contribution in [1.29, 1.82) is 0 Å². The zero-order chi connectivity index (χ0) is 19.5. The fraction of sp³-hybridized carbons (Fsp3) is 0.150. The largest absolute Gasteiger partial charge is 0.497 e. The van der Waals surface area contributed by atoms with E-state index < -0.39 is 0 Å². The lowest BCUT2D eigenvalue weighted by Gasteiger charge is -2.06. The first-order chi connectivity index (χ1) is 13.6. The molecule has 1 N–H and O–H groups in total. The van der Waals surface area contributed by atoms with Crippen LogP contribution in [0.25, 0.3) is 15.3 Å². The fourth-order valence-corrected chi connectivity index (χ4v) is 4.37. The van der Waals surface area contributed by atoms with Gasteiger partial charge in [-0.15, -0.1) is 11.8 Å². The van der Waals surface area contributed by atoms with Gasteiger partial charge in [0.05, 0.1) is 28.8 Å². The van der Waals surface area contributed by atoms with E-state index >= 15 is 0 Å². The van der Waals surface area contributed by atoms with Crippen LogP contribution in [-0.2, 0) is 4.79 Å². The molecule has 2 aromatic heterocycles. The number of aryl methyl sites for hydroxylation is 1. The highest BCUT2D eigenvalue weighted by molar-refractivity contribution is 8.00. The predicted molar refractivity (Wildman–Crippen MR) is 114 cm³/mol. The maximum Gasteiger partial charge on any atom is 0.235 e. The van der Waals surface area contributed by atoms with E-state index in [0.29, 0.717) is 16.7 Å². The zero-order valence-electron chi connectivity index (χ0n) is 15.4. The molecule has 0 atom stereocenters. The van der Waals surface area contributed by atoms with Crippen molar-refractivity contribution >= 4 is 45.0 Å². The number of rotatable bonds is 6. The molecule has 0 saturated heterocycles. The lowest BCUT2D eigenvalue weighted by Crippen LogP contribution is -2.16. The quantitative estimate of drug-likeness (QED) is 0.473. The molecule has 6 nitrogen and oxygen atoms in total. The second-order valence-electron chi connectivity index (χ2n) is 6.06. The number of amides is 1. The number of ether oxygens (including phenoxy) is 1. The van der Waals surface area contributed by atoms with Crippen LogP contribution in [0.15, 0.2) is 59.5 Å². The summed E-state index contributed by atoms with van der Waals surface area (Å²) in [6.07, 6.45) is 0. The SMILES string of the molecule is COc1ccc2nc(-n3nc(C)cc3NC(=O)CSc3ccccc3)sc2c1. The van der Waals surface area contributed by atoms with Crippen molar-refractivity contribution in [3.8, 4) is 10.9 Å². The first-order valence-corrected chi connectivity index (χ1v) is 10.4. The summed E-state index contributed by atoms with van der Waals surface area (Å²) in [6, 6.07) is 17.4. The maximum absolute atomic E-state index is 12.4. The average Bonchev–Trinajstić information content (AvgIpc) is 3.29. The van der Waals surface area contributed by atoms with Gasteiger partial charge in [-0.2, -0.15) is 9.78 Å². The Morgan fingerprint density at radius 2 is 2.04 bits per heavy atom. The van der Waals surface area contributed by atoms with Gasteiger partial charge >= 0.3 is 0 Å². The summed E-state index contributed by atoms with van der Waals surface area (Å²) in [5, 5.41) is 8.15. The molecule has 4 rings (SSSR count). The first kappa shape index (κ1) is 18.5. The van der Waals surface area contributed by atoms with Crippen LogP contribution < -0.4 is 10.1 Å². The molecule has 4 aromatic rings. The number of benzene rings is 2. The van der Waals surface area contributed by atoms with Gasteiger partial charge in [-0.05, 0) is 37.3 Å². The minimum atomic E-state index is -0.0854. The zero-order valence-corrected chi connectivity index (χ0v) is 17.0. The lowest BCUT2D eigenvalue weighted by atomic mass is 10.3. The molecule has 0 fully saturated rings. The number of methoxy groups -OCH3 is 1. The molecular weight excluding hydrogens is 392 g/mol. The van der Waals surface area contributed by atoms with Crippen molar-refractivity contribution < 1.29 is 9.53 Å². The van der Waals surface area contributed by atoms with Gasteiger partial charge in [0.25, 0.3) is 0 Å². The Hall–Kier alpha value is -2.84. The number of hydrogen-bond donors (Lipinski definition) is 1. The third-order valence-corrected chi connectivity index (χ3v) is 5.98. The summed E-state index contributed by atoms with van der Waals surface area (Å²) in [5.74, 6) is 1.64. The van der Waals surface area contributed by atoms with E-state index in [0.717, 1.165) is 26.6 Å². The Morgan fingerprint density at radius 1 is 1.21 bits per heavy atom. The number of anilines is 1. The second-order valence-corrected chi connectivity index (χ2v) is 8.12. The van der Waals surface area contributed by atoms with Crippen LogP contribution in [-0.4, -0.2) is 33.5 Å². The van der Waals surface area contributed by atoms with E-state index in [4.69, 9.17) is 4.74 Å². The Labute approximate surface area is 170 Å². The summed E-state index contributed by atoms with van der Waals surface area (Å²) >= 11 is 2.99. The molecule has 0 bridgehead atoms. The Kier molecular flexibility index (Phi) is 5.31. The highest BCUT2D eigenvalue weighted by Gasteiger charge is 2.15. The lowest BCUT2D eigenvalue weighted by molar-refractivity contribution is -0.113. The second kappa shape index (κ2) is 8.04. The summed E-state index contributed by atoms with van der Waals surface area (Å²) < 4.78 is 7.96. The summed E-state index contributed by atoms with van der Waals surface area (Å²) in [7, 11) is 1.64. The molecule has 0 saturated carbocycles. The standard InChI is InChI=1S/C20H18N4O2S2/c1-13-10-18(22-19(25)12-27-15-6-4-3-5-7-15)24(23-13)20-21-16-9-8-14(26-2)11-17(16)28-20/h3-11H,12H2,1-2H3,(H,22,25). The third kappa shape index (κ3) is 4.02. The molecule has 0 unspecified atom stereocenters. The van der Waals surface area contributed by atoms with Gasteiger partial charge in [-0.3, -0.25) is 4.79 Å². The number of nitrogens with one attached hydrogen (secondary N) is 1. The number of thiazole rings is 1. The number of carbonyl (C=O) groups excluding carboxylic acids is 1. The Bertz CT molecular complexity index is 1120. The van der Waals surface area contributed by atoms with Crippen LogP contribution in [0.3, 0.4) is 0 Å². The van der Waals surface area contributed by atoms with Gasteiger partial charge in [0, 0.05) is 11.0 Å². The average molecular weight is 411 g/mol. The maximum atomic E-state index is 12.4. The minimum Gasteiger partial charge on any atom is -0.497 e. The minimum absolute atomic E-state index is 0.0854. The summed E-state index contributed by atoms with van der Waals surface area (Å²) in [4.78, 5) is 18.1. The molecule has 142 valence electrons. The Morgan fingerprint density at radius 3 is 2.82 bits per heavy atom. The van der Waals surface area contributed by atoms with Crippen LogP contribution in [0.4, 0.5) is 5.82 Å². The molecule has 8 heteroatoms. The van der Waals surface area contributed by atoms with Gasteiger partial charge in [-0.25, -0.2) is 4.98 Å². The van der Waals surface area contributed by atoms with Gasteiger partial charge in [0.1, 0.15) is 11.6 Å². The van der Waals surface area contributed by atoms with E-state index in [2.05, 4.69) is 15.4 Å². The molecule has 0 spiro atoms. The van der Waals surface area contributed by atoms with E-state index in [-0.39, 0.29) is 5.91 Å². The van der Waals surface area contributed by atoms with E-state index in [1.165, 1.54) is 23.1 Å². The number of thioether (sulfide) groups is 1. The van der Waals surface area contributed by atoms with Crippen LogP contribution in [0.1, 0.15) is 5.69 Å². The molecule has 2 aromatic carbocycles. The number of hydrogen-bond acceptors (Lipinski definition) is 6. The number of nitrogens with zero attached hydrogens (tertiary/aromatic N) is 3. The Balaban J connectivity index is 1.54. The normalized spacial score (nSPS) is 10.9. The van der Waals surface area contributed by atoms with Crippen LogP contribution in [0.5, 0.6) is 5.75 Å². The van der Waals surface area contributed by atoms with E-state index in [1.807, 2.05) is 61.5 Å². The van der Waals surface area contributed by atoms with Gasteiger partial charge < -0.3 is 10.1 Å². The molecule has 0 aliphatic rings. The third-order valence-electron chi connectivity index (χ3n) is 3.98. The van der Waals surface area contributed by atoms with Gasteiger partial charge in [-0.1, -0.05) is 29.5 Å². The molecule has 2 heterocycles. The van der Waals surface area contributed by atoms with Crippen molar-refractivity contribution in [3.63, 3.8) is 0 Å². The first-order valence-electron chi connectivity index (χ1n) is 8.62. The predicted octanol–water partition coefficient (Wildman–Crippen LogP) is 4.53. The molecule has 28 heavy (non-hydrogen) atoms. The monoisotopic (exact) mass is 410 g/mol. The van der Waals surface area contributed by atoms with Gasteiger partial charge in [0.2, 0.25) is 11.0 Å². The number of aromatic nitrogens is 3. The van der Waals surface area contributed by atoms with E-state index in [9.17, 15) is 4.79 Å². The van der Waals surface area contributed by atoms with Crippen LogP contribution >= 0.6 is 23.1 Å². The van der Waals surface area contributed by atoms with Crippen molar-refractivity contribution in [2.45, 2.75) is 11.8 Å².